The molecule has 0 radical (unpaired) electrons. The molecule has 0 aliphatic heterocycles. The van der Waals surface area contributed by atoms with Crippen LogP contribution < -0.4 is 5.43 Å². The molecule has 0 aromatic heterocycles. The van der Waals surface area contributed by atoms with Gasteiger partial charge in [0.15, 0.2) is 0 Å². The largest absolute Gasteiger partial charge is 0.277 e. The average Bonchev–Trinajstić information content (AvgIpc) is 1.63. The molecule has 52 valence electrons. The zero-order valence-corrected chi connectivity index (χ0v) is 6.01. The monoisotopic (exact) mass is 128 g/mol. The van der Waals surface area contributed by atoms with Crippen molar-refractivity contribution in [3.8, 4) is 0 Å². The van der Waals surface area contributed by atoms with Gasteiger partial charge in [0.05, 0.1) is 0 Å². The maximum absolute atomic E-state index is 9.67. The van der Waals surface area contributed by atoms with Crippen molar-refractivity contribution in [2.24, 2.45) is 10.5 Å². The minimum absolute atomic E-state index is 0.0377. The van der Waals surface area contributed by atoms with Gasteiger partial charge in [-0.05, 0) is 5.41 Å². The second-order valence-corrected chi connectivity index (χ2v) is 2.87. The molecular weight excluding hydrogens is 116 g/mol. The minimum Gasteiger partial charge on any atom is -0.277 e. The SMILES string of the molecule is CC(C)(C)C=NNC=O. The van der Waals surface area contributed by atoms with Crippen LogP contribution in [0, 0.1) is 5.41 Å². The second-order valence-electron chi connectivity index (χ2n) is 2.87. The van der Waals surface area contributed by atoms with E-state index in [2.05, 4.69) is 10.5 Å². The van der Waals surface area contributed by atoms with Crippen LogP contribution in [-0.2, 0) is 4.79 Å². The van der Waals surface area contributed by atoms with Gasteiger partial charge in [0.25, 0.3) is 0 Å². The van der Waals surface area contributed by atoms with E-state index in [4.69, 9.17) is 0 Å². The van der Waals surface area contributed by atoms with E-state index in [1.54, 1.807) is 6.21 Å². The highest BCUT2D eigenvalue weighted by Gasteiger charge is 2.03. The van der Waals surface area contributed by atoms with Crippen molar-refractivity contribution in [1.29, 1.82) is 0 Å². The molecule has 0 aliphatic carbocycles. The zero-order chi connectivity index (χ0) is 7.33. The van der Waals surface area contributed by atoms with Crippen LogP contribution in [0.3, 0.4) is 0 Å². The van der Waals surface area contributed by atoms with E-state index in [0.29, 0.717) is 6.41 Å². The summed E-state index contributed by atoms with van der Waals surface area (Å²) in [7, 11) is 0. The highest BCUT2D eigenvalue weighted by molar-refractivity contribution is 5.65. The summed E-state index contributed by atoms with van der Waals surface area (Å²) in [5, 5.41) is 3.62. The Labute approximate surface area is 55.1 Å². The fraction of sp³-hybridized carbons (Fsp3) is 0.667. The molecule has 0 spiro atoms. The molecule has 1 N–H and O–H groups in total. The quantitative estimate of drug-likeness (QED) is 0.333. The van der Waals surface area contributed by atoms with Gasteiger partial charge < -0.3 is 0 Å². The summed E-state index contributed by atoms with van der Waals surface area (Å²) in [4.78, 5) is 9.67. The van der Waals surface area contributed by atoms with Crippen LogP contribution in [0.2, 0.25) is 0 Å². The molecule has 0 aromatic rings. The van der Waals surface area contributed by atoms with Crippen molar-refractivity contribution < 1.29 is 4.79 Å². The Balaban J connectivity index is 3.57. The number of hydrogen-bond donors (Lipinski definition) is 1. The topological polar surface area (TPSA) is 41.5 Å². The van der Waals surface area contributed by atoms with E-state index >= 15 is 0 Å². The molecular formula is C6H12N2O. The second kappa shape index (κ2) is 3.22. The minimum atomic E-state index is 0.0377. The van der Waals surface area contributed by atoms with Crippen molar-refractivity contribution in [3.63, 3.8) is 0 Å². The van der Waals surface area contributed by atoms with Gasteiger partial charge in [-0.25, -0.2) is 0 Å². The number of hydrazone groups is 1. The van der Waals surface area contributed by atoms with E-state index < -0.39 is 0 Å². The first-order chi connectivity index (χ1) is 4.06. The molecule has 0 aromatic carbocycles. The summed E-state index contributed by atoms with van der Waals surface area (Å²) in [6.07, 6.45) is 2.23. The fourth-order valence-corrected chi connectivity index (χ4v) is 0.261. The van der Waals surface area contributed by atoms with E-state index in [9.17, 15) is 4.79 Å². The standard InChI is InChI=1S/C6H12N2O/c1-6(2,3)4-7-8-5-9/h4-5H,1-3H3,(H,8,9). The van der Waals surface area contributed by atoms with Crippen molar-refractivity contribution in [2.45, 2.75) is 20.8 Å². The first-order valence-corrected chi connectivity index (χ1v) is 2.79. The highest BCUT2D eigenvalue weighted by Crippen LogP contribution is 2.07. The van der Waals surface area contributed by atoms with Gasteiger partial charge in [0.1, 0.15) is 0 Å². The lowest BCUT2D eigenvalue weighted by atomic mass is 9.99. The molecule has 3 heteroatoms. The molecule has 0 rings (SSSR count). The van der Waals surface area contributed by atoms with Crippen LogP contribution in [0.4, 0.5) is 0 Å². The van der Waals surface area contributed by atoms with Crippen molar-refractivity contribution >= 4 is 12.6 Å². The van der Waals surface area contributed by atoms with Crippen LogP contribution >= 0.6 is 0 Å². The smallest absolute Gasteiger partial charge is 0.227 e. The van der Waals surface area contributed by atoms with Gasteiger partial charge in [-0.15, -0.1) is 0 Å². The van der Waals surface area contributed by atoms with Gasteiger partial charge in [0, 0.05) is 6.21 Å². The van der Waals surface area contributed by atoms with E-state index in [-0.39, 0.29) is 5.41 Å². The number of nitrogens with zero attached hydrogens (tertiary/aromatic N) is 1. The average molecular weight is 128 g/mol. The van der Waals surface area contributed by atoms with Crippen LogP contribution in [0.25, 0.3) is 0 Å². The zero-order valence-electron chi connectivity index (χ0n) is 6.01. The lowest BCUT2D eigenvalue weighted by molar-refractivity contribution is -0.109. The van der Waals surface area contributed by atoms with Crippen molar-refractivity contribution in [3.05, 3.63) is 0 Å². The lowest BCUT2D eigenvalue weighted by Gasteiger charge is -2.08. The fourth-order valence-electron chi connectivity index (χ4n) is 0.261. The van der Waals surface area contributed by atoms with Gasteiger partial charge >= 0.3 is 0 Å². The van der Waals surface area contributed by atoms with Crippen molar-refractivity contribution in [2.75, 3.05) is 0 Å². The van der Waals surface area contributed by atoms with Gasteiger partial charge in [-0.1, -0.05) is 20.8 Å². The van der Waals surface area contributed by atoms with E-state index in [0.717, 1.165) is 0 Å². The van der Waals surface area contributed by atoms with Gasteiger partial charge in [-0.3, -0.25) is 10.2 Å². The Hall–Kier alpha value is -0.860. The third-order valence-electron chi connectivity index (χ3n) is 0.579. The summed E-state index contributed by atoms with van der Waals surface area (Å²) in [6.45, 7) is 6.01. The maximum atomic E-state index is 9.67. The van der Waals surface area contributed by atoms with Crippen LogP contribution in [0.1, 0.15) is 20.8 Å². The molecule has 0 aliphatic rings. The summed E-state index contributed by atoms with van der Waals surface area (Å²) in [5.74, 6) is 0. The van der Waals surface area contributed by atoms with Gasteiger partial charge in [-0.2, -0.15) is 5.10 Å². The number of rotatable bonds is 2. The molecule has 0 fully saturated rings. The number of hydrogen-bond acceptors (Lipinski definition) is 2. The van der Waals surface area contributed by atoms with Crippen LogP contribution in [0.15, 0.2) is 5.10 Å². The Kier molecular flexibility index (Phi) is 2.91. The number of carbonyl (C=O) groups excluding carboxylic acids is 1. The molecule has 0 atom stereocenters. The molecule has 0 heterocycles. The van der Waals surface area contributed by atoms with Crippen LogP contribution in [0.5, 0.6) is 0 Å². The molecule has 9 heavy (non-hydrogen) atoms. The van der Waals surface area contributed by atoms with Gasteiger partial charge in [0.2, 0.25) is 6.41 Å². The van der Waals surface area contributed by atoms with Crippen LogP contribution in [-0.4, -0.2) is 12.6 Å². The molecule has 0 saturated heterocycles. The first kappa shape index (κ1) is 8.14. The lowest BCUT2D eigenvalue weighted by Crippen LogP contribution is -2.10. The highest BCUT2D eigenvalue weighted by atomic mass is 16.1. The molecule has 0 saturated carbocycles. The number of amides is 1. The van der Waals surface area contributed by atoms with E-state index in [1.165, 1.54) is 0 Å². The Morgan fingerprint density at radius 2 is 2.00 bits per heavy atom. The summed E-state index contributed by atoms with van der Waals surface area (Å²) in [5.41, 5.74) is 2.23. The summed E-state index contributed by atoms with van der Waals surface area (Å²) in [6, 6.07) is 0. The molecule has 0 unspecified atom stereocenters. The number of carbonyl (C=O) groups is 1. The molecule has 3 nitrogen and oxygen atoms in total. The number of nitrogens with one attached hydrogen (secondary N) is 1. The first-order valence-electron chi connectivity index (χ1n) is 2.79. The Bertz CT molecular complexity index is 113. The Morgan fingerprint density at radius 1 is 1.44 bits per heavy atom. The molecule has 0 bridgehead atoms. The molecule has 1 amide bonds. The van der Waals surface area contributed by atoms with E-state index in [1.807, 2.05) is 20.8 Å². The predicted molar refractivity (Wildman–Crippen MR) is 37.1 cm³/mol. The maximum Gasteiger partial charge on any atom is 0.227 e. The third kappa shape index (κ3) is 7.14. The van der Waals surface area contributed by atoms with Crippen molar-refractivity contribution in [1.82, 2.24) is 5.43 Å². The Morgan fingerprint density at radius 3 is 2.33 bits per heavy atom. The predicted octanol–water partition coefficient (Wildman–Crippen LogP) is 0.764. The summed E-state index contributed by atoms with van der Waals surface area (Å²) < 4.78 is 0. The normalized spacial score (nSPS) is 11.9. The third-order valence-corrected chi connectivity index (χ3v) is 0.579. The summed E-state index contributed by atoms with van der Waals surface area (Å²) >= 11 is 0.